The number of esters is 1. The molecule has 26 heavy (non-hydrogen) atoms. The van der Waals surface area contributed by atoms with E-state index in [0.717, 1.165) is 34.0 Å². The summed E-state index contributed by atoms with van der Waals surface area (Å²) in [5, 5.41) is 7.55. The second kappa shape index (κ2) is 9.54. The second-order valence-electron chi connectivity index (χ2n) is 5.67. The maximum Gasteiger partial charge on any atom is 0.341 e. The molecule has 0 fully saturated rings. The first-order valence-electron chi connectivity index (χ1n) is 8.38. The Hall–Kier alpha value is -2.12. The van der Waals surface area contributed by atoms with Crippen LogP contribution in [0.5, 0.6) is 5.75 Å². The number of rotatable bonds is 7. The summed E-state index contributed by atoms with van der Waals surface area (Å²) >= 11 is 6.89. The molecule has 0 aliphatic carbocycles. The molecule has 1 heterocycles. The smallest absolute Gasteiger partial charge is 0.341 e. The highest BCUT2D eigenvalue weighted by Gasteiger charge is 2.22. The van der Waals surface area contributed by atoms with Crippen LogP contribution in [0.25, 0.3) is 0 Å². The summed E-state index contributed by atoms with van der Waals surface area (Å²) in [5.74, 6) is 0.503. The minimum Gasteiger partial charge on any atom is -0.497 e. The highest BCUT2D eigenvalue weighted by atomic mass is 32.1. The Labute approximate surface area is 163 Å². The molecule has 140 valence electrons. The van der Waals surface area contributed by atoms with Gasteiger partial charge in [-0.15, -0.1) is 11.3 Å². The fourth-order valence-electron chi connectivity index (χ4n) is 2.67. The molecule has 0 bridgehead atoms. The molecule has 1 aromatic carbocycles. The van der Waals surface area contributed by atoms with Crippen molar-refractivity contribution < 1.29 is 14.3 Å². The quantitative estimate of drug-likeness (QED) is 0.550. The molecule has 1 aromatic heterocycles. The molecule has 0 unspecified atom stereocenters. The van der Waals surface area contributed by atoms with Gasteiger partial charge in [-0.05, 0) is 55.2 Å². The van der Waals surface area contributed by atoms with E-state index in [9.17, 15) is 4.79 Å². The third-order valence-corrected chi connectivity index (χ3v) is 5.35. The Morgan fingerprint density at radius 3 is 2.50 bits per heavy atom. The zero-order chi connectivity index (χ0) is 19.1. The van der Waals surface area contributed by atoms with Crippen LogP contribution in [-0.2, 0) is 17.6 Å². The van der Waals surface area contributed by atoms with Gasteiger partial charge in [0.1, 0.15) is 10.8 Å². The summed E-state index contributed by atoms with van der Waals surface area (Å²) in [6, 6.07) is 7.94. The highest BCUT2D eigenvalue weighted by molar-refractivity contribution is 7.80. The number of hydrogen-bond donors (Lipinski definition) is 2. The highest BCUT2D eigenvalue weighted by Crippen LogP contribution is 2.33. The monoisotopic (exact) mass is 392 g/mol. The topological polar surface area (TPSA) is 59.6 Å². The Bertz CT molecular complexity index is 770. The number of aryl methyl sites for hydroxylation is 1. The summed E-state index contributed by atoms with van der Waals surface area (Å²) in [4.78, 5) is 13.2. The van der Waals surface area contributed by atoms with Crippen molar-refractivity contribution in [3.63, 3.8) is 0 Å². The molecule has 0 spiro atoms. The molecule has 5 nitrogen and oxygen atoms in total. The van der Waals surface area contributed by atoms with E-state index in [4.69, 9.17) is 21.7 Å². The third-order valence-electron chi connectivity index (χ3n) is 4.04. The largest absolute Gasteiger partial charge is 0.497 e. The van der Waals surface area contributed by atoms with Gasteiger partial charge in [0, 0.05) is 11.4 Å². The maximum atomic E-state index is 12.1. The maximum absolute atomic E-state index is 12.1. The summed E-state index contributed by atoms with van der Waals surface area (Å²) in [5.41, 5.74) is 2.78. The van der Waals surface area contributed by atoms with Crippen molar-refractivity contribution in [1.82, 2.24) is 5.32 Å². The molecular formula is C19H24N2O3S2. The number of ether oxygens (including phenoxy) is 2. The van der Waals surface area contributed by atoms with Crippen LogP contribution in [0.1, 0.15) is 33.3 Å². The molecule has 0 saturated heterocycles. The van der Waals surface area contributed by atoms with Crippen LogP contribution in [-0.4, -0.2) is 31.8 Å². The lowest BCUT2D eigenvalue weighted by Gasteiger charge is -2.11. The fourth-order valence-corrected chi connectivity index (χ4v) is 4.08. The Kier molecular flexibility index (Phi) is 7.41. The zero-order valence-electron chi connectivity index (χ0n) is 15.5. The number of nitrogens with one attached hydrogen (secondary N) is 2. The lowest BCUT2D eigenvalue weighted by atomic mass is 10.1. The molecule has 0 aliphatic heterocycles. The molecule has 2 aromatic rings. The number of benzene rings is 1. The number of carbonyl (C=O) groups is 1. The van der Waals surface area contributed by atoms with Gasteiger partial charge in [-0.25, -0.2) is 4.79 Å². The molecule has 0 amide bonds. The first-order valence-corrected chi connectivity index (χ1v) is 9.61. The first-order chi connectivity index (χ1) is 12.5. The summed E-state index contributed by atoms with van der Waals surface area (Å²) < 4.78 is 10.1. The van der Waals surface area contributed by atoms with Crippen molar-refractivity contribution in [3.05, 3.63) is 45.8 Å². The van der Waals surface area contributed by atoms with Crippen LogP contribution in [0.3, 0.4) is 0 Å². The van der Waals surface area contributed by atoms with Crippen LogP contribution in [0.2, 0.25) is 0 Å². The van der Waals surface area contributed by atoms with Crippen LogP contribution >= 0.6 is 23.6 Å². The fraction of sp³-hybridized carbons (Fsp3) is 0.368. The van der Waals surface area contributed by atoms with Crippen molar-refractivity contribution in [2.45, 2.75) is 26.7 Å². The van der Waals surface area contributed by atoms with Crippen LogP contribution in [0, 0.1) is 6.92 Å². The molecule has 2 N–H and O–H groups in total. The van der Waals surface area contributed by atoms with E-state index in [-0.39, 0.29) is 5.97 Å². The van der Waals surface area contributed by atoms with Gasteiger partial charge in [0.15, 0.2) is 5.11 Å². The molecule has 0 saturated carbocycles. The zero-order valence-corrected chi connectivity index (χ0v) is 17.1. The van der Waals surface area contributed by atoms with Gasteiger partial charge in [0.05, 0.1) is 19.8 Å². The summed E-state index contributed by atoms with van der Waals surface area (Å²) in [7, 11) is 3.05. The Morgan fingerprint density at radius 2 is 1.92 bits per heavy atom. The van der Waals surface area contributed by atoms with Crippen molar-refractivity contribution in [2.75, 3.05) is 26.1 Å². The van der Waals surface area contributed by atoms with Crippen LogP contribution in [0.4, 0.5) is 5.00 Å². The summed E-state index contributed by atoms with van der Waals surface area (Å²) in [6.07, 6.45) is 1.60. The molecular weight excluding hydrogens is 368 g/mol. The van der Waals surface area contributed by atoms with E-state index in [1.54, 1.807) is 7.11 Å². The standard InChI is InChI=1S/C19H24N2O3S2/c1-5-15-12(2)26-17(16(15)18(22)24-4)21-19(25)20-11-10-13-6-8-14(23-3)9-7-13/h6-9H,5,10-11H2,1-4H3,(H2,20,21,25). The van der Waals surface area contributed by atoms with Gasteiger partial charge in [-0.2, -0.15) is 0 Å². The molecule has 7 heteroatoms. The van der Waals surface area contributed by atoms with E-state index in [1.807, 2.05) is 38.1 Å². The van der Waals surface area contributed by atoms with Crippen LogP contribution in [0.15, 0.2) is 24.3 Å². The number of anilines is 1. The van der Waals surface area contributed by atoms with Crippen LogP contribution < -0.4 is 15.4 Å². The molecule has 0 atom stereocenters. The predicted molar refractivity (Wildman–Crippen MR) is 111 cm³/mol. The van der Waals surface area contributed by atoms with Crippen molar-refractivity contribution in [2.24, 2.45) is 0 Å². The lowest BCUT2D eigenvalue weighted by molar-refractivity contribution is 0.0601. The van der Waals surface area contributed by atoms with E-state index >= 15 is 0 Å². The van der Waals surface area contributed by atoms with E-state index in [0.29, 0.717) is 17.2 Å². The predicted octanol–water partition coefficient (Wildman–Crippen LogP) is 3.94. The SMILES string of the molecule is CCc1c(C)sc(NC(=S)NCCc2ccc(OC)cc2)c1C(=O)OC. The second-order valence-corrected chi connectivity index (χ2v) is 7.30. The van der Waals surface area contributed by atoms with Gasteiger partial charge >= 0.3 is 5.97 Å². The van der Waals surface area contributed by atoms with E-state index in [1.165, 1.54) is 24.0 Å². The number of thiophene rings is 1. The molecule has 2 rings (SSSR count). The number of thiocarbonyl (C=S) groups is 1. The van der Waals surface area contributed by atoms with Gasteiger partial charge in [-0.3, -0.25) is 0 Å². The molecule has 0 aliphatic rings. The van der Waals surface area contributed by atoms with Crippen molar-refractivity contribution in [3.8, 4) is 5.75 Å². The van der Waals surface area contributed by atoms with Crippen molar-refractivity contribution in [1.29, 1.82) is 0 Å². The van der Waals surface area contributed by atoms with E-state index < -0.39 is 0 Å². The van der Waals surface area contributed by atoms with E-state index in [2.05, 4.69) is 10.6 Å². The molecule has 0 radical (unpaired) electrons. The van der Waals surface area contributed by atoms with Gasteiger partial charge in [0.2, 0.25) is 0 Å². The number of carbonyl (C=O) groups excluding carboxylic acids is 1. The van der Waals surface area contributed by atoms with Gasteiger partial charge in [0.25, 0.3) is 0 Å². The van der Waals surface area contributed by atoms with Gasteiger partial charge < -0.3 is 20.1 Å². The minimum atomic E-state index is -0.338. The minimum absolute atomic E-state index is 0.338. The summed E-state index contributed by atoms with van der Waals surface area (Å²) in [6.45, 7) is 4.72. The Balaban J connectivity index is 1.96. The lowest BCUT2D eigenvalue weighted by Crippen LogP contribution is -2.30. The number of hydrogen-bond acceptors (Lipinski definition) is 5. The number of methoxy groups -OCH3 is 2. The third kappa shape index (κ3) is 4.95. The van der Waals surface area contributed by atoms with Crippen molar-refractivity contribution >= 4 is 39.6 Å². The Morgan fingerprint density at radius 1 is 1.23 bits per heavy atom. The normalized spacial score (nSPS) is 10.3. The average Bonchev–Trinajstić information content (AvgIpc) is 2.96. The first kappa shape index (κ1) is 20.2. The van der Waals surface area contributed by atoms with Gasteiger partial charge in [-0.1, -0.05) is 19.1 Å². The average molecular weight is 393 g/mol.